The van der Waals surface area contributed by atoms with Crippen LogP contribution in [0.4, 0.5) is 11.6 Å². The number of nitrogens with one attached hydrogen (secondary N) is 1. The van der Waals surface area contributed by atoms with Crippen LogP contribution in [-0.4, -0.2) is 55.9 Å². The number of nitrogens with zero attached hydrogens (tertiary/aromatic N) is 6. The Morgan fingerprint density at radius 3 is 2.52 bits per heavy atom. The first-order valence-electron chi connectivity index (χ1n) is 10.6. The topological polar surface area (TPSA) is 90.2 Å². The first-order chi connectivity index (χ1) is 15.6. The lowest BCUT2D eigenvalue weighted by Crippen LogP contribution is -2.27. The molecule has 3 heterocycles. The number of hydrogen-bond acceptors (Lipinski definition) is 8. The van der Waals surface area contributed by atoms with Gasteiger partial charge < -0.3 is 19.7 Å². The molecule has 0 unspecified atom stereocenters. The number of fused-ring (bicyclic) bond motifs is 1. The van der Waals surface area contributed by atoms with Gasteiger partial charge in [0.1, 0.15) is 30.3 Å². The smallest absolute Gasteiger partial charge is 0.219 e. The molecule has 4 aromatic rings. The molecule has 0 bridgehead atoms. The van der Waals surface area contributed by atoms with Crippen molar-refractivity contribution in [2.24, 2.45) is 7.05 Å². The lowest BCUT2D eigenvalue weighted by atomic mass is 10.2. The van der Waals surface area contributed by atoms with Gasteiger partial charge in [-0.3, -0.25) is 4.68 Å². The number of halogens is 1. The maximum atomic E-state index is 5.95. The van der Waals surface area contributed by atoms with E-state index < -0.39 is 0 Å². The van der Waals surface area contributed by atoms with E-state index in [4.69, 9.17) is 9.47 Å². The number of aryl methyl sites for hydroxylation is 1. The van der Waals surface area contributed by atoms with Crippen molar-refractivity contribution < 1.29 is 9.47 Å². The summed E-state index contributed by atoms with van der Waals surface area (Å²) in [6.45, 7) is 7.84. The second kappa shape index (κ2) is 11.4. The molecular weight excluding hydrogens is 442 g/mol. The Hall–Kier alpha value is -3.43. The van der Waals surface area contributed by atoms with Crippen molar-refractivity contribution in [2.45, 2.75) is 13.8 Å². The van der Waals surface area contributed by atoms with Crippen LogP contribution in [0.2, 0.25) is 0 Å². The zero-order valence-corrected chi connectivity index (χ0v) is 19.7. The number of aromatic nitrogens is 5. The highest BCUT2D eigenvalue weighted by atomic mass is 35.5. The van der Waals surface area contributed by atoms with Crippen molar-refractivity contribution >= 4 is 34.9 Å². The SMILES string of the molecule is CCN(CC)CCOc1ccc(Oc2ccc3ncnc(Nc4ccn(C)n4)c3c2)nc1.Cl. The van der Waals surface area contributed by atoms with E-state index in [0.29, 0.717) is 29.9 Å². The summed E-state index contributed by atoms with van der Waals surface area (Å²) in [5.41, 5.74) is 0.802. The summed E-state index contributed by atoms with van der Waals surface area (Å²) in [7, 11) is 1.86. The standard InChI is InChI=1S/C23H27N7O2.ClH/c1-4-30(5-2)12-13-31-18-7-9-22(24-15-18)32-17-6-8-20-19(14-17)23(26-16-25-20)27-21-10-11-29(3)28-21;/h6-11,14-16H,4-5,12-13H2,1-3H3,(H,25,26,27,28);1H. The van der Waals surface area contributed by atoms with Crippen molar-refractivity contribution in [1.82, 2.24) is 29.6 Å². The van der Waals surface area contributed by atoms with Gasteiger partial charge in [0.25, 0.3) is 0 Å². The lowest BCUT2D eigenvalue weighted by Gasteiger charge is -2.17. The zero-order valence-electron chi connectivity index (χ0n) is 18.9. The summed E-state index contributed by atoms with van der Waals surface area (Å²) in [5, 5.41) is 8.39. The average Bonchev–Trinajstić information content (AvgIpc) is 3.23. The van der Waals surface area contributed by atoms with Crippen LogP contribution in [0.3, 0.4) is 0 Å². The quantitative estimate of drug-likeness (QED) is 0.364. The van der Waals surface area contributed by atoms with E-state index in [9.17, 15) is 0 Å². The molecule has 0 spiro atoms. The van der Waals surface area contributed by atoms with Gasteiger partial charge in [-0.2, -0.15) is 5.10 Å². The van der Waals surface area contributed by atoms with E-state index >= 15 is 0 Å². The molecule has 0 atom stereocenters. The number of benzene rings is 1. The van der Waals surface area contributed by atoms with E-state index in [2.05, 4.69) is 44.1 Å². The van der Waals surface area contributed by atoms with Crippen molar-refractivity contribution in [1.29, 1.82) is 0 Å². The van der Waals surface area contributed by atoms with Crippen LogP contribution >= 0.6 is 12.4 Å². The molecule has 4 rings (SSSR count). The molecule has 0 amide bonds. The highest BCUT2D eigenvalue weighted by Crippen LogP contribution is 2.28. The van der Waals surface area contributed by atoms with Gasteiger partial charge in [-0.1, -0.05) is 13.8 Å². The Kier molecular flexibility index (Phi) is 8.39. The molecule has 10 heteroatoms. The van der Waals surface area contributed by atoms with Crippen LogP contribution in [0, 0.1) is 0 Å². The first-order valence-corrected chi connectivity index (χ1v) is 10.6. The minimum absolute atomic E-state index is 0. The molecule has 9 nitrogen and oxygen atoms in total. The number of hydrogen-bond donors (Lipinski definition) is 1. The van der Waals surface area contributed by atoms with Gasteiger partial charge >= 0.3 is 0 Å². The number of rotatable bonds is 10. The summed E-state index contributed by atoms with van der Waals surface area (Å²) in [6, 6.07) is 11.2. The molecular formula is C23H28ClN7O2. The van der Waals surface area contributed by atoms with Gasteiger partial charge in [-0.15, -0.1) is 12.4 Å². The van der Waals surface area contributed by atoms with Gasteiger partial charge in [0.2, 0.25) is 5.88 Å². The van der Waals surface area contributed by atoms with Crippen LogP contribution in [0.5, 0.6) is 17.4 Å². The molecule has 174 valence electrons. The highest BCUT2D eigenvalue weighted by molar-refractivity contribution is 5.91. The maximum absolute atomic E-state index is 5.95. The third-order valence-electron chi connectivity index (χ3n) is 5.07. The molecule has 0 aliphatic heterocycles. The maximum Gasteiger partial charge on any atom is 0.219 e. The predicted molar refractivity (Wildman–Crippen MR) is 131 cm³/mol. The minimum atomic E-state index is 0. The van der Waals surface area contributed by atoms with Crippen LogP contribution in [0.15, 0.2) is 55.1 Å². The Labute approximate surface area is 199 Å². The highest BCUT2D eigenvalue weighted by Gasteiger charge is 2.09. The Bertz CT molecular complexity index is 1160. The van der Waals surface area contributed by atoms with Gasteiger partial charge in [-0.25, -0.2) is 15.0 Å². The largest absolute Gasteiger partial charge is 0.491 e. The molecule has 1 aromatic carbocycles. The molecule has 1 N–H and O–H groups in total. The first kappa shape index (κ1) is 24.2. The number of pyridine rings is 1. The van der Waals surface area contributed by atoms with Crippen LogP contribution in [-0.2, 0) is 7.05 Å². The van der Waals surface area contributed by atoms with E-state index in [1.807, 2.05) is 43.6 Å². The van der Waals surface area contributed by atoms with E-state index in [1.54, 1.807) is 16.9 Å². The molecule has 0 radical (unpaired) electrons. The average molecular weight is 470 g/mol. The fraction of sp³-hybridized carbons (Fsp3) is 0.304. The fourth-order valence-electron chi connectivity index (χ4n) is 3.27. The van der Waals surface area contributed by atoms with Crippen molar-refractivity contribution in [3.8, 4) is 17.4 Å². The molecule has 0 saturated heterocycles. The summed E-state index contributed by atoms with van der Waals surface area (Å²) >= 11 is 0. The Morgan fingerprint density at radius 1 is 1.00 bits per heavy atom. The predicted octanol–water partition coefficient (Wildman–Crippen LogP) is 4.44. The summed E-state index contributed by atoms with van der Waals surface area (Å²) in [6.07, 6.45) is 5.06. The monoisotopic (exact) mass is 469 g/mol. The fourth-order valence-corrected chi connectivity index (χ4v) is 3.27. The lowest BCUT2D eigenvalue weighted by molar-refractivity contribution is 0.222. The van der Waals surface area contributed by atoms with Crippen LogP contribution < -0.4 is 14.8 Å². The van der Waals surface area contributed by atoms with Gasteiger partial charge in [0.15, 0.2) is 5.82 Å². The second-order valence-corrected chi connectivity index (χ2v) is 7.21. The molecule has 3 aromatic heterocycles. The summed E-state index contributed by atoms with van der Waals surface area (Å²) in [5.74, 6) is 3.20. The Morgan fingerprint density at radius 2 is 1.82 bits per heavy atom. The minimum Gasteiger partial charge on any atom is -0.491 e. The number of likely N-dealkylation sites (N-methyl/N-ethyl adjacent to an activating group) is 1. The summed E-state index contributed by atoms with van der Waals surface area (Å²) < 4.78 is 13.5. The van der Waals surface area contributed by atoms with E-state index in [1.165, 1.54) is 6.33 Å². The normalized spacial score (nSPS) is 10.8. The molecule has 0 aliphatic rings. The van der Waals surface area contributed by atoms with Crippen molar-refractivity contribution in [3.05, 3.63) is 55.1 Å². The van der Waals surface area contributed by atoms with Gasteiger partial charge in [0, 0.05) is 37.3 Å². The number of anilines is 2. The van der Waals surface area contributed by atoms with Gasteiger partial charge in [-0.05, 0) is 37.4 Å². The van der Waals surface area contributed by atoms with E-state index in [0.717, 1.165) is 36.3 Å². The molecule has 0 fully saturated rings. The molecule has 0 saturated carbocycles. The summed E-state index contributed by atoms with van der Waals surface area (Å²) in [4.78, 5) is 15.4. The third kappa shape index (κ3) is 6.30. The Balaban J connectivity index is 0.00000306. The van der Waals surface area contributed by atoms with Crippen LogP contribution in [0.25, 0.3) is 10.9 Å². The van der Waals surface area contributed by atoms with Crippen molar-refractivity contribution in [2.75, 3.05) is 31.6 Å². The second-order valence-electron chi connectivity index (χ2n) is 7.21. The molecule has 0 aliphatic carbocycles. The third-order valence-corrected chi connectivity index (χ3v) is 5.07. The van der Waals surface area contributed by atoms with Crippen LogP contribution in [0.1, 0.15) is 13.8 Å². The van der Waals surface area contributed by atoms with Gasteiger partial charge in [0.05, 0.1) is 11.7 Å². The zero-order chi connectivity index (χ0) is 22.3. The number of ether oxygens (including phenoxy) is 2. The molecule has 33 heavy (non-hydrogen) atoms. The van der Waals surface area contributed by atoms with E-state index in [-0.39, 0.29) is 12.4 Å². The van der Waals surface area contributed by atoms with Crippen molar-refractivity contribution in [3.63, 3.8) is 0 Å².